The molecule has 0 aliphatic rings. The molecule has 0 saturated heterocycles. The summed E-state index contributed by atoms with van der Waals surface area (Å²) in [7, 11) is 0. The lowest BCUT2D eigenvalue weighted by Gasteiger charge is -2.03. The summed E-state index contributed by atoms with van der Waals surface area (Å²) in [4.78, 5) is 18.9. The molecule has 1 N–H and O–H groups in total. The molecule has 2 rings (SSSR count). The summed E-state index contributed by atoms with van der Waals surface area (Å²) in [6.07, 6.45) is 4.63. The number of rotatable bonds is 2. The fourth-order valence-electron chi connectivity index (χ4n) is 1.33. The SMILES string of the molecule is O=C(O)c1ccccc1-c1cnccn1. The Balaban J connectivity index is 2.58. The second-order valence-electron chi connectivity index (χ2n) is 2.94. The van der Waals surface area contributed by atoms with Crippen molar-refractivity contribution in [1.82, 2.24) is 9.97 Å². The fourth-order valence-corrected chi connectivity index (χ4v) is 1.33. The number of carboxylic acid groups (broad SMARTS) is 1. The van der Waals surface area contributed by atoms with Gasteiger partial charge in [0.2, 0.25) is 0 Å². The van der Waals surface area contributed by atoms with Gasteiger partial charge in [-0.15, -0.1) is 0 Å². The zero-order chi connectivity index (χ0) is 10.7. The van der Waals surface area contributed by atoms with Gasteiger partial charge in [0.05, 0.1) is 17.5 Å². The Labute approximate surface area is 86.2 Å². The summed E-state index contributed by atoms with van der Waals surface area (Å²) in [5, 5.41) is 8.98. The highest BCUT2D eigenvalue weighted by atomic mass is 16.4. The van der Waals surface area contributed by atoms with Crippen LogP contribution < -0.4 is 0 Å². The van der Waals surface area contributed by atoms with Gasteiger partial charge in [0.25, 0.3) is 0 Å². The van der Waals surface area contributed by atoms with Crippen LogP contribution in [0.2, 0.25) is 0 Å². The minimum absolute atomic E-state index is 0.234. The molecule has 0 saturated carbocycles. The molecule has 1 heterocycles. The normalized spacial score (nSPS) is 9.87. The molecule has 0 radical (unpaired) electrons. The first-order chi connectivity index (χ1) is 7.29. The van der Waals surface area contributed by atoms with Gasteiger partial charge >= 0.3 is 5.97 Å². The van der Waals surface area contributed by atoms with Crippen LogP contribution in [0.1, 0.15) is 10.4 Å². The summed E-state index contributed by atoms with van der Waals surface area (Å²) in [6, 6.07) is 6.72. The Bertz CT molecular complexity index is 483. The highest BCUT2D eigenvalue weighted by Crippen LogP contribution is 2.20. The first kappa shape index (κ1) is 9.33. The van der Waals surface area contributed by atoms with E-state index >= 15 is 0 Å². The van der Waals surface area contributed by atoms with Crippen LogP contribution in [0.5, 0.6) is 0 Å². The van der Waals surface area contributed by atoms with Gasteiger partial charge < -0.3 is 5.11 Å². The number of benzene rings is 1. The average molecular weight is 200 g/mol. The van der Waals surface area contributed by atoms with Crippen molar-refractivity contribution in [3.8, 4) is 11.3 Å². The Hall–Kier alpha value is -2.23. The molecule has 15 heavy (non-hydrogen) atoms. The highest BCUT2D eigenvalue weighted by Gasteiger charge is 2.10. The summed E-state index contributed by atoms with van der Waals surface area (Å²) in [5.41, 5.74) is 1.38. The largest absolute Gasteiger partial charge is 0.478 e. The minimum atomic E-state index is -0.962. The predicted octanol–water partition coefficient (Wildman–Crippen LogP) is 1.84. The molecule has 0 aliphatic heterocycles. The van der Waals surface area contributed by atoms with Crippen LogP contribution in [0.15, 0.2) is 42.9 Å². The maximum Gasteiger partial charge on any atom is 0.336 e. The fraction of sp³-hybridized carbons (Fsp3) is 0. The molecule has 0 atom stereocenters. The van der Waals surface area contributed by atoms with Gasteiger partial charge in [-0.2, -0.15) is 0 Å². The first-order valence-electron chi connectivity index (χ1n) is 4.38. The van der Waals surface area contributed by atoms with Crippen LogP contribution in [0.3, 0.4) is 0 Å². The van der Waals surface area contributed by atoms with E-state index in [2.05, 4.69) is 9.97 Å². The number of aromatic nitrogens is 2. The van der Waals surface area contributed by atoms with E-state index in [4.69, 9.17) is 5.11 Å². The summed E-state index contributed by atoms with van der Waals surface area (Å²) in [6.45, 7) is 0. The molecule has 4 nitrogen and oxygen atoms in total. The van der Waals surface area contributed by atoms with E-state index in [1.54, 1.807) is 36.7 Å². The van der Waals surface area contributed by atoms with E-state index < -0.39 is 5.97 Å². The lowest BCUT2D eigenvalue weighted by molar-refractivity contribution is 0.0697. The molecular weight excluding hydrogens is 192 g/mol. The van der Waals surface area contributed by atoms with Crippen LogP contribution in [0, 0.1) is 0 Å². The van der Waals surface area contributed by atoms with E-state index in [0.717, 1.165) is 0 Å². The van der Waals surface area contributed by atoms with Crippen LogP contribution in [-0.2, 0) is 0 Å². The molecule has 0 spiro atoms. The van der Waals surface area contributed by atoms with Crippen molar-refractivity contribution in [3.05, 3.63) is 48.4 Å². The Morgan fingerprint density at radius 2 is 2.00 bits per heavy atom. The standard InChI is InChI=1S/C11H8N2O2/c14-11(15)9-4-2-1-3-8(9)10-7-12-5-6-13-10/h1-7H,(H,14,15). The number of nitrogens with zero attached hydrogens (tertiary/aromatic N) is 2. The van der Waals surface area contributed by atoms with Gasteiger partial charge in [0.15, 0.2) is 0 Å². The lowest BCUT2D eigenvalue weighted by Crippen LogP contribution is -1.99. The van der Waals surface area contributed by atoms with Crippen LogP contribution in [0.4, 0.5) is 0 Å². The lowest BCUT2D eigenvalue weighted by atomic mass is 10.1. The molecule has 1 aromatic carbocycles. The quantitative estimate of drug-likeness (QED) is 0.803. The third-order valence-corrected chi connectivity index (χ3v) is 2.00. The summed E-state index contributed by atoms with van der Waals surface area (Å²) in [5.74, 6) is -0.962. The summed E-state index contributed by atoms with van der Waals surface area (Å²) < 4.78 is 0. The number of carboxylic acids is 1. The van der Waals surface area contributed by atoms with E-state index in [1.807, 2.05) is 0 Å². The molecule has 4 heteroatoms. The Kier molecular flexibility index (Phi) is 2.41. The van der Waals surface area contributed by atoms with Crippen LogP contribution in [0.25, 0.3) is 11.3 Å². The van der Waals surface area contributed by atoms with Crippen molar-refractivity contribution >= 4 is 5.97 Å². The first-order valence-corrected chi connectivity index (χ1v) is 4.38. The third-order valence-electron chi connectivity index (χ3n) is 2.00. The van der Waals surface area contributed by atoms with Crippen LogP contribution >= 0.6 is 0 Å². The topological polar surface area (TPSA) is 63.1 Å². The third kappa shape index (κ3) is 1.83. The van der Waals surface area contributed by atoms with Gasteiger partial charge in [-0.1, -0.05) is 18.2 Å². The zero-order valence-electron chi connectivity index (χ0n) is 7.79. The van der Waals surface area contributed by atoms with Crippen molar-refractivity contribution < 1.29 is 9.90 Å². The number of hydrogen-bond acceptors (Lipinski definition) is 3. The maximum absolute atomic E-state index is 10.9. The second-order valence-corrected chi connectivity index (χ2v) is 2.94. The predicted molar refractivity (Wildman–Crippen MR) is 54.4 cm³/mol. The Morgan fingerprint density at radius 3 is 2.67 bits per heavy atom. The molecule has 0 amide bonds. The van der Waals surface area contributed by atoms with Crippen molar-refractivity contribution in [2.24, 2.45) is 0 Å². The van der Waals surface area contributed by atoms with Crippen molar-refractivity contribution in [2.45, 2.75) is 0 Å². The Morgan fingerprint density at radius 1 is 1.20 bits per heavy atom. The van der Waals surface area contributed by atoms with Gasteiger partial charge in [-0.3, -0.25) is 9.97 Å². The maximum atomic E-state index is 10.9. The van der Waals surface area contributed by atoms with E-state index in [1.165, 1.54) is 6.20 Å². The van der Waals surface area contributed by atoms with Crippen LogP contribution in [-0.4, -0.2) is 21.0 Å². The van der Waals surface area contributed by atoms with Crippen molar-refractivity contribution in [3.63, 3.8) is 0 Å². The molecule has 2 aromatic rings. The molecule has 0 bridgehead atoms. The van der Waals surface area contributed by atoms with Crippen molar-refractivity contribution in [1.29, 1.82) is 0 Å². The number of aromatic carboxylic acids is 1. The zero-order valence-corrected chi connectivity index (χ0v) is 7.79. The van der Waals surface area contributed by atoms with Gasteiger partial charge in [0.1, 0.15) is 0 Å². The molecule has 0 unspecified atom stereocenters. The molecule has 74 valence electrons. The van der Waals surface area contributed by atoms with Gasteiger partial charge in [-0.05, 0) is 6.07 Å². The van der Waals surface area contributed by atoms with Crippen molar-refractivity contribution in [2.75, 3.05) is 0 Å². The van der Waals surface area contributed by atoms with E-state index in [9.17, 15) is 4.79 Å². The van der Waals surface area contributed by atoms with Gasteiger partial charge in [-0.25, -0.2) is 4.79 Å². The molecule has 0 fully saturated rings. The van der Waals surface area contributed by atoms with E-state index in [0.29, 0.717) is 11.3 Å². The number of hydrogen-bond donors (Lipinski definition) is 1. The smallest absolute Gasteiger partial charge is 0.336 e. The molecule has 0 aliphatic carbocycles. The summed E-state index contributed by atoms with van der Waals surface area (Å²) >= 11 is 0. The van der Waals surface area contributed by atoms with E-state index in [-0.39, 0.29) is 5.56 Å². The second kappa shape index (κ2) is 3.88. The minimum Gasteiger partial charge on any atom is -0.478 e. The number of carbonyl (C=O) groups is 1. The van der Waals surface area contributed by atoms with Gasteiger partial charge in [0, 0.05) is 18.0 Å². The molecular formula is C11H8N2O2. The highest BCUT2D eigenvalue weighted by molar-refractivity contribution is 5.95. The monoisotopic (exact) mass is 200 g/mol. The molecule has 1 aromatic heterocycles. The average Bonchev–Trinajstić information content (AvgIpc) is 2.30.